The molecule has 0 spiro atoms. The van der Waals surface area contributed by atoms with Crippen LogP contribution < -0.4 is 21.2 Å². The standard InChI is InChI=1S/C30H33N2OP.C6H4ClNO/c33-30(26-15-14-22-31-25-26)32-23-12-1-2-13-24-34(27-16-6-3-7-17-27,28-18-8-4-9-19-28)29-20-10-5-11-21-29;7-6(9)5-2-1-3-8-4-5/h3-11,14-22,25,34H,1-2,12-13,23-24H2,(H,32,33);1-4H. The summed E-state index contributed by atoms with van der Waals surface area (Å²) in [7, 11) is -2.13. The van der Waals surface area contributed by atoms with Crippen molar-refractivity contribution < 1.29 is 9.59 Å². The molecule has 1 N–H and O–H groups in total. The van der Waals surface area contributed by atoms with Crippen LogP contribution >= 0.6 is 18.9 Å². The van der Waals surface area contributed by atoms with Gasteiger partial charge in [-0.3, -0.25) is 9.78 Å². The number of hydrogen-bond acceptors (Lipinski definition) is 4. The third-order valence-corrected chi connectivity index (χ3v) is 12.7. The Morgan fingerprint density at radius 2 is 1.05 bits per heavy atom. The molecule has 0 aliphatic rings. The van der Waals surface area contributed by atoms with E-state index in [0.717, 1.165) is 19.3 Å². The number of amides is 1. The summed E-state index contributed by atoms with van der Waals surface area (Å²) in [5.74, 6) is -0.0447. The summed E-state index contributed by atoms with van der Waals surface area (Å²) in [6, 6.07) is 40.2. The van der Waals surface area contributed by atoms with Crippen LogP contribution in [0.4, 0.5) is 0 Å². The Labute approximate surface area is 259 Å². The molecule has 7 heteroatoms. The topological polar surface area (TPSA) is 72.0 Å². The fourth-order valence-electron chi connectivity index (χ4n) is 5.25. The molecule has 220 valence electrons. The maximum atomic E-state index is 12.2. The first-order chi connectivity index (χ1) is 21.1. The Hall–Kier alpha value is -4.18. The summed E-state index contributed by atoms with van der Waals surface area (Å²) in [6.45, 7) is 0.701. The third-order valence-electron chi connectivity index (χ3n) is 7.38. The van der Waals surface area contributed by atoms with Gasteiger partial charge in [-0.05, 0) is 23.7 Å². The first-order valence-corrected chi connectivity index (χ1v) is 17.1. The molecule has 0 fully saturated rings. The van der Waals surface area contributed by atoms with Crippen molar-refractivity contribution in [3.63, 3.8) is 0 Å². The van der Waals surface area contributed by atoms with E-state index in [4.69, 9.17) is 11.6 Å². The van der Waals surface area contributed by atoms with Gasteiger partial charge in [0.25, 0.3) is 5.24 Å². The van der Waals surface area contributed by atoms with Crippen LogP contribution in [0.3, 0.4) is 0 Å². The minimum atomic E-state index is -2.13. The second kappa shape index (κ2) is 17.1. The molecule has 2 heterocycles. The summed E-state index contributed by atoms with van der Waals surface area (Å²) in [5.41, 5.74) is 1.05. The summed E-state index contributed by atoms with van der Waals surface area (Å²) < 4.78 is 0. The number of hydrogen-bond donors (Lipinski definition) is 1. The van der Waals surface area contributed by atoms with Crippen molar-refractivity contribution in [2.45, 2.75) is 25.7 Å². The van der Waals surface area contributed by atoms with Gasteiger partial charge >= 0.3 is 204 Å². The Morgan fingerprint density at radius 1 is 0.581 bits per heavy atom. The van der Waals surface area contributed by atoms with Crippen molar-refractivity contribution in [1.82, 2.24) is 15.3 Å². The van der Waals surface area contributed by atoms with Gasteiger partial charge in [0, 0.05) is 12.4 Å². The zero-order valence-corrected chi connectivity index (χ0v) is 25.9. The quantitative estimate of drug-likeness (QED) is 0.0988. The summed E-state index contributed by atoms with van der Waals surface area (Å²) in [6.07, 6.45) is 11.9. The number of carbonyl (C=O) groups is 2. The van der Waals surface area contributed by atoms with Crippen LogP contribution in [-0.4, -0.2) is 33.8 Å². The zero-order chi connectivity index (χ0) is 30.2. The second-order valence-corrected chi connectivity index (χ2v) is 14.6. The van der Waals surface area contributed by atoms with Crippen molar-refractivity contribution in [2.24, 2.45) is 0 Å². The van der Waals surface area contributed by atoms with Gasteiger partial charge in [-0.1, -0.05) is 0 Å². The third kappa shape index (κ3) is 9.15. The van der Waals surface area contributed by atoms with Gasteiger partial charge < -0.3 is 0 Å². The Bertz CT molecular complexity index is 1430. The van der Waals surface area contributed by atoms with E-state index >= 15 is 0 Å². The van der Waals surface area contributed by atoms with E-state index in [-0.39, 0.29) is 5.91 Å². The summed E-state index contributed by atoms with van der Waals surface area (Å²) >= 11 is 5.12. The van der Waals surface area contributed by atoms with Crippen LogP contribution in [0.2, 0.25) is 0 Å². The maximum absolute atomic E-state index is 12.2. The number of carbonyl (C=O) groups excluding carboxylic acids is 2. The molecule has 0 aliphatic heterocycles. The Kier molecular flexibility index (Phi) is 12.6. The van der Waals surface area contributed by atoms with Crippen molar-refractivity contribution in [3.8, 4) is 0 Å². The molecule has 43 heavy (non-hydrogen) atoms. The van der Waals surface area contributed by atoms with Crippen LogP contribution in [-0.2, 0) is 0 Å². The monoisotopic (exact) mass is 609 g/mol. The van der Waals surface area contributed by atoms with Crippen LogP contribution in [0.25, 0.3) is 0 Å². The number of unbranched alkanes of at least 4 members (excludes halogenated alkanes) is 3. The van der Waals surface area contributed by atoms with Gasteiger partial charge in [-0.15, -0.1) is 0 Å². The molecule has 0 aliphatic carbocycles. The first kappa shape index (κ1) is 31.7. The van der Waals surface area contributed by atoms with Crippen LogP contribution in [0.5, 0.6) is 0 Å². The number of nitrogens with one attached hydrogen (secondary N) is 1. The summed E-state index contributed by atoms with van der Waals surface area (Å²) in [4.78, 5) is 30.3. The van der Waals surface area contributed by atoms with E-state index in [9.17, 15) is 9.59 Å². The molecular weight excluding hydrogens is 573 g/mol. The van der Waals surface area contributed by atoms with Gasteiger partial charge in [0.1, 0.15) is 0 Å². The number of halogens is 1. The van der Waals surface area contributed by atoms with Crippen LogP contribution in [0.1, 0.15) is 46.4 Å². The van der Waals surface area contributed by atoms with E-state index in [0.29, 0.717) is 17.7 Å². The SMILES string of the molecule is O=C(Cl)c1cccnc1.O=C(NCCCCCC[PH](c1ccccc1)(c1ccccc1)c1ccccc1)c1cccnc1. The van der Waals surface area contributed by atoms with E-state index in [2.05, 4.69) is 106 Å². The van der Waals surface area contributed by atoms with Crippen molar-refractivity contribution >= 4 is 45.9 Å². The Morgan fingerprint density at radius 3 is 1.47 bits per heavy atom. The minimum absolute atomic E-state index is 0.0447. The molecule has 0 atom stereocenters. The molecule has 5 nitrogen and oxygen atoms in total. The molecule has 5 rings (SSSR count). The molecule has 1 amide bonds. The van der Waals surface area contributed by atoms with Gasteiger partial charge in [-0.2, -0.15) is 0 Å². The number of aromatic nitrogens is 2. The number of pyridine rings is 2. The van der Waals surface area contributed by atoms with Gasteiger partial charge in [0.2, 0.25) is 0 Å². The van der Waals surface area contributed by atoms with Crippen LogP contribution in [0, 0.1) is 0 Å². The molecule has 0 saturated heterocycles. The van der Waals surface area contributed by atoms with Gasteiger partial charge in [0.15, 0.2) is 0 Å². The molecule has 5 aromatic rings. The zero-order valence-electron chi connectivity index (χ0n) is 24.1. The molecule has 0 unspecified atom stereocenters. The normalized spacial score (nSPS) is 11.1. The Balaban J connectivity index is 0.000000403. The molecular formula is C36H37ClN3O2P. The average Bonchev–Trinajstić information content (AvgIpc) is 3.08. The van der Waals surface area contributed by atoms with E-state index < -0.39 is 12.5 Å². The molecule has 0 bridgehead atoms. The van der Waals surface area contributed by atoms with Gasteiger partial charge in [-0.25, -0.2) is 0 Å². The fraction of sp³-hybridized carbons (Fsp3) is 0.167. The first-order valence-electron chi connectivity index (χ1n) is 14.6. The second-order valence-electron chi connectivity index (χ2n) is 10.2. The molecule has 3 aromatic carbocycles. The molecule has 0 radical (unpaired) electrons. The molecule has 0 saturated carbocycles. The van der Waals surface area contributed by atoms with E-state index in [1.807, 2.05) is 0 Å². The van der Waals surface area contributed by atoms with Crippen molar-refractivity contribution in [1.29, 1.82) is 0 Å². The van der Waals surface area contributed by atoms with E-state index in [1.54, 1.807) is 42.9 Å². The summed E-state index contributed by atoms with van der Waals surface area (Å²) in [5, 5.41) is 6.95. The molecule has 2 aromatic heterocycles. The van der Waals surface area contributed by atoms with Gasteiger partial charge in [0.05, 0.1) is 5.56 Å². The predicted molar refractivity (Wildman–Crippen MR) is 181 cm³/mol. The predicted octanol–water partition coefficient (Wildman–Crippen LogP) is 6.56. The number of nitrogens with zero attached hydrogens (tertiary/aromatic N) is 2. The number of benzene rings is 3. The van der Waals surface area contributed by atoms with E-state index in [1.165, 1.54) is 34.7 Å². The average molecular weight is 610 g/mol. The fourth-order valence-corrected chi connectivity index (χ4v) is 10.3. The van der Waals surface area contributed by atoms with Crippen molar-refractivity contribution in [3.05, 3.63) is 151 Å². The van der Waals surface area contributed by atoms with Crippen LogP contribution in [0.15, 0.2) is 140 Å². The number of rotatable bonds is 12. The van der Waals surface area contributed by atoms with Crippen molar-refractivity contribution in [2.75, 3.05) is 12.7 Å².